The van der Waals surface area contributed by atoms with Gasteiger partial charge in [-0.2, -0.15) is 0 Å². The fraction of sp³-hybridized carbons (Fsp3) is 0.364. The summed E-state index contributed by atoms with van der Waals surface area (Å²) in [6.07, 6.45) is 2.25. The molecule has 0 saturated carbocycles. The second-order valence-corrected chi connectivity index (χ2v) is 3.36. The van der Waals surface area contributed by atoms with Crippen LogP contribution in [0, 0.1) is 5.82 Å². The molecule has 1 heterocycles. The summed E-state index contributed by atoms with van der Waals surface area (Å²) in [6.45, 7) is 1.75. The van der Waals surface area contributed by atoms with Gasteiger partial charge in [-0.25, -0.2) is 4.39 Å². The minimum Gasteiger partial charge on any atom is -0.465 e. The third kappa shape index (κ3) is 3.82. The largest absolute Gasteiger partial charge is 0.465 e. The van der Waals surface area contributed by atoms with E-state index in [2.05, 4.69) is 4.98 Å². The fourth-order valence-electron chi connectivity index (χ4n) is 1.22. The molecular formula is C11H13FN2O3. The van der Waals surface area contributed by atoms with Gasteiger partial charge in [0.2, 0.25) is 0 Å². The summed E-state index contributed by atoms with van der Waals surface area (Å²) in [7, 11) is 1.43. The summed E-state index contributed by atoms with van der Waals surface area (Å²) in [4.78, 5) is 27.6. The summed E-state index contributed by atoms with van der Waals surface area (Å²) in [5.74, 6) is -1.59. The lowest BCUT2D eigenvalue weighted by Gasteiger charge is -2.15. The molecule has 0 saturated heterocycles. The Morgan fingerprint density at radius 2 is 2.18 bits per heavy atom. The molecule has 0 aliphatic carbocycles. The Balaban J connectivity index is 2.67. The van der Waals surface area contributed by atoms with Crippen molar-refractivity contribution in [3.8, 4) is 0 Å². The number of rotatable bonds is 4. The van der Waals surface area contributed by atoms with E-state index in [4.69, 9.17) is 4.74 Å². The van der Waals surface area contributed by atoms with E-state index in [0.717, 1.165) is 17.2 Å². The topological polar surface area (TPSA) is 59.5 Å². The third-order valence-electron chi connectivity index (χ3n) is 1.97. The summed E-state index contributed by atoms with van der Waals surface area (Å²) < 4.78 is 17.5. The van der Waals surface area contributed by atoms with E-state index in [9.17, 15) is 14.0 Å². The van der Waals surface area contributed by atoms with Crippen molar-refractivity contribution in [3.05, 3.63) is 29.8 Å². The van der Waals surface area contributed by atoms with E-state index in [0.29, 0.717) is 0 Å². The van der Waals surface area contributed by atoms with Crippen LogP contribution < -0.4 is 0 Å². The van der Waals surface area contributed by atoms with E-state index < -0.39 is 17.7 Å². The zero-order valence-electron chi connectivity index (χ0n) is 9.64. The minimum absolute atomic E-state index is 0.0943. The summed E-state index contributed by atoms with van der Waals surface area (Å²) in [5.41, 5.74) is 0.0943. The number of likely N-dealkylation sites (N-methyl/N-ethyl adjacent to an activating group) is 1. The van der Waals surface area contributed by atoms with E-state index in [1.54, 1.807) is 6.92 Å². The molecule has 0 atom stereocenters. The average molecular weight is 240 g/mol. The summed E-state index contributed by atoms with van der Waals surface area (Å²) in [5, 5.41) is 0. The van der Waals surface area contributed by atoms with Crippen LogP contribution >= 0.6 is 0 Å². The van der Waals surface area contributed by atoms with Crippen molar-refractivity contribution in [2.75, 3.05) is 20.2 Å². The smallest absolute Gasteiger partial charge is 0.325 e. The van der Waals surface area contributed by atoms with Crippen molar-refractivity contribution < 1.29 is 18.7 Å². The van der Waals surface area contributed by atoms with Gasteiger partial charge in [-0.3, -0.25) is 14.6 Å². The highest BCUT2D eigenvalue weighted by Gasteiger charge is 2.16. The van der Waals surface area contributed by atoms with E-state index >= 15 is 0 Å². The number of amides is 1. The molecule has 0 bridgehead atoms. The average Bonchev–Trinajstić information content (AvgIpc) is 2.28. The number of pyridine rings is 1. The first kappa shape index (κ1) is 13.1. The van der Waals surface area contributed by atoms with Crippen molar-refractivity contribution in [2.24, 2.45) is 0 Å². The minimum atomic E-state index is -0.597. The molecule has 17 heavy (non-hydrogen) atoms. The van der Waals surface area contributed by atoms with Gasteiger partial charge in [0.05, 0.1) is 18.4 Å². The molecule has 1 amide bonds. The van der Waals surface area contributed by atoms with Crippen LogP contribution in [-0.2, 0) is 9.53 Å². The number of nitrogens with zero attached hydrogens (tertiary/aromatic N) is 2. The quantitative estimate of drug-likeness (QED) is 0.732. The number of halogens is 1. The lowest BCUT2D eigenvalue weighted by atomic mass is 10.2. The molecule has 1 rings (SSSR count). The number of carbonyl (C=O) groups is 2. The molecule has 0 aliphatic rings. The Bertz CT molecular complexity index is 423. The van der Waals surface area contributed by atoms with Crippen LogP contribution in [0.3, 0.4) is 0 Å². The van der Waals surface area contributed by atoms with Gasteiger partial charge in [-0.15, -0.1) is 0 Å². The van der Waals surface area contributed by atoms with Crippen molar-refractivity contribution in [2.45, 2.75) is 6.92 Å². The van der Waals surface area contributed by atoms with Gasteiger partial charge in [-0.1, -0.05) is 0 Å². The van der Waals surface area contributed by atoms with Gasteiger partial charge < -0.3 is 9.64 Å². The molecule has 5 nitrogen and oxygen atoms in total. The van der Waals surface area contributed by atoms with Crippen molar-refractivity contribution in [1.29, 1.82) is 0 Å². The number of hydrogen-bond acceptors (Lipinski definition) is 4. The zero-order chi connectivity index (χ0) is 12.8. The maximum Gasteiger partial charge on any atom is 0.325 e. The molecule has 92 valence electrons. The highest BCUT2D eigenvalue weighted by atomic mass is 19.1. The Morgan fingerprint density at radius 1 is 1.47 bits per heavy atom. The van der Waals surface area contributed by atoms with E-state index in [1.807, 2.05) is 0 Å². The second kappa shape index (κ2) is 5.93. The fourth-order valence-corrected chi connectivity index (χ4v) is 1.22. The first-order valence-corrected chi connectivity index (χ1v) is 5.06. The predicted octanol–water partition coefficient (Wildman–Crippen LogP) is 0.856. The number of esters is 1. The number of carbonyl (C=O) groups excluding carboxylic acids is 2. The predicted molar refractivity (Wildman–Crippen MR) is 57.8 cm³/mol. The van der Waals surface area contributed by atoms with Gasteiger partial charge >= 0.3 is 5.97 Å². The summed E-state index contributed by atoms with van der Waals surface area (Å²) in [6, 6.07) is 1.07. The van der Waals surface area contributed by atoms with Gasteiger partial charge in [0.15, 0.2) is 0 Å². The lowest BCUT2D eigenvalue weighted by Crippen LogP contribution is -2.33. The number of hydrogen-bond donors (Lipinski definition) is 0. The first-order valence-electron chi connectivity index (χ1n) is 5.06. The molecular weight excluding hydrogens is 227 g/mol. The van der Waals surface area contributed by atoms with Crippen LogP contribution in [-0.4, -0.2) is 42.0 Å². The van der Waals surface area contributed by atoms with Crippen LogP contribution in [0.15, 0.2) is 18.5 Å². The third-order valence-corrected chi connectivity index (χ3v) is 1.97. The molecule has 0 spiro atoms. The molecule has 0 unspecified atom stereocenters. The van der Waals surface area contributed by atoms with E-state index in [1.165, 1.54) is 13.2 Å². The lowest BCUT2D eigenvalue weighted by molar-refractivity contribution is -0.143. The van der Waals surface area contributed by atoms with Crippen LogP contribution in [0.2, 0.25) is 0 Å². The Hall–Kier alpha value is -1.98. The molecule has 6 heteroatoms. The van der Waals surface area contributed by atoms with Crippen molar-refractivity contribution in [1.82, 2.24) is 9.88 Å². The Labute approximate surface area is 98.2 Å². The zero-order valence-corrected chi connectivity index (χ0v) is 9.64. The Morgan fingerprint density at radius 3 is 2.76 bits per heavy atom. The van der Waals surface area contributed by atoms with Gasteiger partial charge in [-0.05, 0) is 13.0 Å². The normalized spacial score (nSPS) is 9.82. The molecule has 0 fully saturated rings. The molecule has 0 aromatic carbocycles. The molecule has 0 aliphatic heterocycles. The second-order valence-electron chi connectivity index (χ2n) is 3.36. The maximum absolute atomic E-state index is 12.8. The van der Waals surface area contributed by atoms with Crippen LogP contribution in [0.25, 0.3) is 0 Å². The number of ether oxygens (including phenoxy) is 1. The SMILES string of the molecule is CCOC(=O)CN(C)C(=O)c1cncc(F)c1. The first-order chi connectivity index (χ1) is 8.04. The van der Waals surface area contributed by atoms with Crippen LogP contribution in [0.4, 0.5) is 4.39 Å². The molecule has 1 aromatic rings. The highest BCUT2D eigenvalue weighted by molar-refractivity contribution is 5.95. The van der Waals surface area contributed by atoms with E-state index in [-0.39, 0.29) is 18.7 Å². The standard InChI is InChI=1S/C11H13FN2O3/c1-3-17-10(15)7-14(2)11(16)8-4-9(12)6-13-5-8/h4-6H,3,7H2,1-2H3. The van der Waals surface area contributed by atoms with Crippen LogP contribution in [0.1, 0.15) is 17.3 Å². The molecule has 1 aromatic heterocycles. The number of aromatic nitrogens is 1. The van der Waals surface area contributed by atoms with Gasteiger partial charge in [0.1, 0.15) is 12.4 Å². The van der Waals surface area contributed by atoms with Crippen molar-refractivity contribution in [3.63, 3.8) is 0 Å². The monoisotopic (exact) mass is 240 g/mol. The maximum atomic E-state index is 12.8. The molecule has 0 radical (unpaired) electrons. The molecule has 0 N–H and O–H groups in total. The Kier molecular flexibility index (Phi) is 4.56. The van der Waals surface area contributed by atoms with Gasteiger partial charge in [0, 0.05) is 13.2 Å². The van der Waals surface area contributed by atoms with Crippen LogP contribution in [0.5, 0.6) is 0 Å². The highest BCUT2D eigenvalue weighted by Crippen LogP contribution is 2.04. The van der Waals surface area contributed by atoms with Gasteiger partial charge in [0.25, 0.3) is 5.91 Å². The summed E-state index contributed by atoms with van der Waals surface area (Å²) >= 11 is 0. The van der Waals surface area contributed by atoms with Crippen molar-refractivity contribution >= 4 is 11.9 Å².